The molecule has 0 saturated carbocycles. The molecule has 24 heavy (non-hydrogen) atoms. The number of carboxylic acids is 1. The first-order chi connectivity index (χ1) is 11.4. The topological polar surface area (TPSA) is 130 Å². The number of aryl methyl sites for hydroxylation is 2. The molecule has 0 unspecified atom stereocenters. The first-order valence-electron chi connectivity index (χ1n) is 7.58. The van der Waals surface area contributed by atoms with Gasteiger partial charge in [-0.15, -0.1) is 0 Å². The number of aromatic amines is 1. The summed E-state index contributed by atoms with van der Waals surface area (Å²) < 4.78 is 1.35. The fourth-order valence-electron chi connectivity index (χ4n) is 2.13. The van der Waals surface area contributed by atoms with Gasteiger partial charge in [0, 0.05) is 30.7 Å². The van der Waals surface area contributed by atoms with E-state index >= 15 is 0 Å². The number of aliphatic carboxylic acids is 1. The Morgan fingerprint density at radius 2 is 2.08 bits per heavy atom. The number of hydrogen-bond acceptors (Lipinski definition) is 5. The second-order valence-corrected chi connectivity index (χ2v) is 5.29. The first kappa shape index (κ1) is 17.4. The summed E-state index contributed by atoms with van der Waals surface area (Å²) in [6.45, 7) is 3.63. The second kappa shape index (κ2) is 7.53. The molecule has 0 aliphatic heterocycles. The van der Waals surface area contributed by atoms with Crippen LogP contribution in [0, 0.1) is 6.92 Å². The van der Waals surface area contributed by atoms with Gasteiger partial charge < -0.3 is 10.4 Å². The molecule has 2 aromatic heterocycles. The van der Waals surface area contributed by atoms with E-state index in [9.17, 15) is 14.4 Å². The fourth-order valence-corrected chi connectivity index (χ4v) is 2.13. The zero-order valence-electron chi connectivity index (χ0n) is 13.5. The van der Waals surface area contributed by atoms with Crippen LogP contribution in [0.4, 0.5) is 5.82 Å². The second-order valence-electron chi connectivity index (χ2n) is 5.29. The van der Waals surface area contributed by atoms with Gasteiger partial charge in [0.2, 0.25) is 11.9 Å². The molecular weight excluding hydrogens is 314 g/mol. The number of carbonyl (C=O) groups is 2. The highest BCUT2D eigenvalue weighted by molar-refractivity contribution is 5.90. The third kappa shape index (κ3) is 4.51. The van der Waals surface area contributed by atoms with Crippen LogP contribution in [0.25, 0.3) is 5.95 Å². The Morgan fingerprint density at radius 1 is 1.33 bits per heavy atom. The van der Waals surface area contributed by atoms with Gasteiger partial charge in [0.05, 0.1) is 5.69 Å². The van der Waals surface area contributed by atoms with Gasteiger partial charge >= 0.3 is 5.97 Å². The maximum absolute atomic E-state index is 11.9. The van der Waals surface area contributed by atoms with E-state index in [1.54, 1.807) is 13.0 Å². The average Bonchev–Trinajstić information content (AvgIpc) is 2.86. The monoisotopic (exact) mass is 333 g/mol. The molecule has 128 valence electrons. The number of hydrogen-bond donors (Lipinski definition) is 3. The van der Waals surface area contributed by atoms with Crippen LogP contribution >= 0.6 is 0 Å². The van der Waals surface area contributed by atoms with Crippen LogP contribution in [-0.2, 0) is 16.0 Å². The van der Waals surface area contributed by atoms with Crippen LogP contribution < -0.4 is 10.9 Å². The molecule has 2 heterocycles. The Morgan fingerprint density at radius 3 is 2.75 bits per heavy atom. The predicted octanol–water partition coefficient (Wildman–Crippen LogP) is 1.02. The summed E-state index contributed by atoms with van der Waals surface area (Å²) in [5, 5.41) is 15.5. The van der Waals surface area contributed by atoms with Crippen LogP contribution in [0.1, 0.15) is 37.6 Å². The van der Waals surface area contributed by atoms with Crippen molar-refractivity contribution in [2.24, 2.45) is 0 Å². The Labute approximate surface area is 137 Å². The molecule has 0 aliphatic carbocycles. The number of rotatable bonds is 7. The van der Waals surface area contributed by atoms with Crippen molar-refractivity contribution in [3.05, 3.63) is 33.9 Å². The number of H-pyrrole nitrogens is 1. The molecular formula is C15H19N5O4. The quantitative estimate of drug-likeness (QED) is 0.693. The molecule has 0 atom stereocenters. The number of carbonyl (C=O) groups excluding carboxylic acids is 1. The number of carboxylic acid groups (broad SMARTS) is 1. The lowest BCUT2D eigenvalue weighted by atomic mass is 10.2. The number of aromatic nitrogens is 4. The largest absolute Gasteiger partial charge is 0.481 e. The van der Waals surface area contributed by atoms with Gasteiger partial charge in [0.15, 0.2) is 0 Å². The van der Waals surface area contributed by atoms with Gasteiger partial charge in [-0.3, -0.25) is 19.4 Å². The Kier molecular flexibility index (Phi) is 5.46. The maximum Gasteiger partial charge on any atom is 0.303 e. The highest BCUT2D eigenvalue weighted by Gasteiger charge is 2.13. The van der Waals surface area contributed by atoms with Crippen molar-refractivity contribution in [3.8, 4) is 5.95 Å². The lowest BCUT2D eigenvalue weighted by Crippen LogP contribution is -2.19. The van der Waals surface area contributed by atoms with Crippen molar-refractivity contribution >= 4 is 17.7 Å². The summed E-state index contributed by atoms with van der Waals surface area (Å²) >= 11 is 0. The smallest absolute Gasteiger partial charge is 0.303 e. The SMILES string of the molecule is CCc1cc(=O)[nH]c(-n2nc(C)cc2NC(=O)CCCC(=O)O)n1. The van der Waals surface area contributed by atoms with Crippen molar-refractivity contribution in [2.75, 3.05) is 5.32 Å². The summed E-state index contributed by atoms with van der Waals surface area (Å²) in [5.41, 5.74) is 0.949. The molecule has 0 aliphatic rings. The normalized spacial score (nSPS) is 10.6. The van der Waals surface area contributed by atoms with Crippen LogP contribution in [0.5, 0.6) is 0 Å². The first-order valence-corrected chi connectivity index (χ1v) is 7.58. The Bertz CT molecular complexity index is 808. The summed E-state index contributed by atoms with van der Waals surface area (Å²) in [4.78, 5) is 41.0. The summed E-state index contributed by atoms with van der Waals surface area (Å²) in [6.07, 6.45) is 0.845. The lowest BCUT2D eigenvalue weighted by molar-refractivity contribution is -0.137. The molecule has 0 saturated heterocycles. The number of nitrogens with one attached hydrogen (secondary N) is 2. The Balaban J connectivity index is 2.21. The van der Waals surface area contributed by atoms with Gasteiger partial charge in [0.1, 0.15) is 5.82 Å². The van der Waals surface area contributed by atoms with Crippen LogP contribution in [0.3, 0.4) is 0 Å². The summed E-state index contributed by atoms with van der Waals surface area (Å²) in [6, 6.07) is 3.05. The van der Waals surface area contributed by atoms with Gasteiger partial charge in [0.25, 0.3) is 5.56 Å². The molecule has 3 N–H and O–H groups in total. The molecule has 0 radical (unpaired) electrons. The van der Waals surface area contributed by atoms with Crippen molar-refractivity contribution in [3.63, 3.8) is 0 Å². The zero-order valence-corrected chi connectivity index (χ0v) is 13.5. The summed E-state index contributed by atoms with van der Waals surface area (Å²) in [7, 11) is 0. The highest BCUT2D eigenvalue weighted by Crippen LogP contribution is 2.14. The number of anilines is 1. The van der Waals surface area contributed by atoms with E-state index in [4.69, 9.17) is 5.11 Å². The minimum atomic E-state index is -0.943. The molecule has 2 rings (SSSR count). The minimum Gasteiger partial charge on any atom is -0.481 e. The third-order valence-corrected chi connectivity index (χ3v) is 3.24. The molecule has 0 aromatic carbocycles. The lowest BCUT2D eigenvalue weighted by Gasteiger charge is -2.08. The van der Waals surface area contributed by atoms with Crippen LogP contribution in [0.2, 0.25) is 0 Å². The van der Waals surface area contributed by atoms with Gasteiger partial charge in [-0.1, -0.05) is 6.92 Å². The molecule has 0 spiro atoms. The van der Waals surface area contributed by atoms with Crippen molar-refractivity contribution in [2.45, 2.75) is 39.5 Å². The molecule has 9 heteroatoms. The van der Waals surface area contributed by atoms with Crippen LogP contribution in [-0.4, -0.2) is 36.7 Å². The van der Waals surface area contributed by atoms with E-state index < -0.39 is 5.97 Å². The van der Waals surface area contributed by atoms with Crippen LogP contribution in [0.15, 0.2) is 16.9 Å². The van der Waals surface area contributed by atoms with E-state index in [1.165, 1.54) is 10.7 Å². The van der Waals surface area contributed by atoms with Crippen molar-refractivity contribution in [1.29, 1.82) is 0 Å². The van der Waals surface area contributed by atoms with E-state index in [0.29, 0.717) is 23.6 Å². The van der Waals surface area contributed by atoms with E-state index in [0.717, 1.165) is 0 Å². The van der Waals surface area contributed by atoms with Gasteiger partial charge in [-0.2, -0.15) is 9.78 Å². The third-order valence-electron chi connectivity index (χ3n) is 3.24. The summed E-state index contributed by atoms with van der Waals surface area (Å²) in [5.74, 6) is -0.689. The zero-order chi connectivity index (χ0) is 17.7. The molecule has 0 fully saturated rings. The number of amides is 1. The highest BCUT2D eigenvalue weighted by atomic mass is 16.4. The number of nitrogens with zero attached hydrogens (tertiary/aromatic N) is 3. The van der Waals surface area contributed by atoms with Gasteiger partial charge in [-0.25, -0.2) is 4.98 Å². The fraction of sp³-hybridized carbons (Fsp3) is 0.400. The van der Waals surface area contributed by atoms with Crippen molar-refractivity contribution < 1.29 is 14.7 Å². The molecule has 1 amide bonds. The van der Waals surface area contributed by atoms with Gasteiger partial charge in [-0.05, 0) is 19.8 Å². The Hall–Kier alpha value is -2.97. The maximum atomic E-state index is 11.9. The minimum absolute atomic E-state index is 0.0703. The molecule has 9 nitrogen and oxygen atoms in total. The standard InChI is InChI=1S/C15H19N5O4/c1-3-10-8-13(22)18-15(16-10)20-11(7-9(2)19-20)17-12(21)5-4-6-14(23)24/h7-8H,3-6H2,1-2H3,(H,17,21)(H,23,24)(H,16,18,22). The predicted molar refractivity (Wildman–Crippen MR) is 86.2 cm³/mol. The average molecular weight is 333 g/mol. The van der Waals surface area contributed by atoms with E-state index in [-0.39, 0.29) is 36.7 Å². The molecule has 2 aromatic rings. The molecule has 0 bridgehead atoms. The van der Waals surface area contributed by atoms with E-state index in [2.05, 4.69) is 20.4 Å². The van der Waals surface area contributed by atoms with Crippen molar-refractivity contribution in [1.82, 2.24) is 19.7 Å². The van der Waals surface area contributed by atoms with E-state index in [1.807, 2.05) is 6.92 Å².